The fourth-order valence-electron chi connectivity index (χ4n) is 3.45. The number of para-hydroxylation sites is 2. The molecule has 10 heteroatoms. The van der Waals surface area contributed by atoms with Crippen molar-refractivity contribution in [2.75, 3.05) is 18.4 Å². The molecule has 30 heavy (non-hydrogen) atoms. The molecule has 1 aliphatic heterocycles. The number of carbonyl (C=O) groups excluding carboxylic acids is 1. The Hall–Kier alpha value is -2.75. The van der Waals surface area contributed by atoms with Crippen molar-refractivity contribution in [3.63, 3.8) is 0 Å². The Bertz CT molecular complexity index is 1280. The largest absolute Gasteiger partial charge is 0.323 e. The Labute approximate surface area is 178 Å². The van der Waals surface area contributed by atoms with Gasteiger partial charge < -0.3 is 5.32 Å². The van der Waals surface area contributed by atoms with Crippen molar-refractivity contribution in [2.45, 2.75) is 24.3 Å². The van der Waals surface area contributed by atoms with E-state index in [-0.39, 0.29) is 22.2 Å². The maximum absolute atomic E-state index is 12.8. The molecule has 2 heterocycles. The van der Waals surface area contributed by atoms with Crippen LogP contribution in [0.3, 0.4) is 0 Å². The highest BCUT2D eigenvalue weighted by molar-refractivity contribution is 7.89. The van der Waals surface area contributed by atoms with Gasteiger partial charge in [0, 0.05) is 13.1 Å². The Kier molecular flexibility index (Phi) is 5.59. The monoisotopic (exact) mass is 446 g/mol. The Morgan fingerprint density at radius 3 is 2.63 bits per heavy atom. The maximum atomic E-state index is 12.8. The molecule has 0 bridgehead atoms. The summed E-state index contributed by atoms with van der Waals surface area (Å²) in [5, 5.41) is 2.82. The summed E-state index contributed by atoms with van der Waals surface area (Å²) in [6, 6.07) is 11.2. The molecule has 0 aliphatic carbocycles. The minimum absolute atomic E-state index is 0.0654. The molecule has 1 saturated heterocycles. The maximum Gasteiger partial charge on any atom is 0.269 e. The van der Waals surface area contributed by atoms with E-state index in [0.717, 1.165) is 19.0 Å². The quantitative estimate of drug-likeness (QED) is 0.648. The zero-order valence-electron chi connectivity index (χ0n) is 15.9. The minimum Gasteiger partial charge on any atom is -0.323 e. The molecule has 0 saturated carbocycles. The molecule has 8 nitrogen and oxygen atoms in total. The third-order valence-electron chi connectivity index (χ3n) is 4.97. The van der Waals surface area contributed by atoms with Crippen molar-refractivity contribution < 1.29 is 13.2 Å². The number of aromatic nitrogens is 2. The van der Waals surface area contributed by atoms with E-state index in [2.05, 4.69) is 10.3 Å². The van der Waals surface area contributed by atoms with E-state index in [1.54, 1.807) is 24.3 Å². The van der Waals surface area contributed by atoms with Gasteiger partial charge in [-0.2, -0.15) is 4.31 Å². The van der Waals surface area contributed by atoms with Gasteiger partial charge in [-0.1, -0.05) is 23.7 Å². The molecule has 3 aromatic rings. The molecule has 1 fully saturated rings. The lowest BCUT2D eigenvalue weighted by atomic mass is 10.3. The fraction of sp³-hybridized carbons (Fsp3) is 0.250. The summed E-state index contributed by atoms with van der Waals surface area (Å²) in [5.41, 5.74) is 0.868. The summed E-state index contributed by atoms with van der Waals surface area (Å²) in [6.45, 7) is 0.691. The second-order valence-electron chi connectivity index (χ2n) is 6.97. The molecular formula is C20H19ClN4O4S. The third kappa shape index (κ3) is 3.96. The normalized spacial score (nSPS) is 14.8. The van der Waals surface area contributed by atoms with Gasteiger partial charge in [-0.05, 0) is 43.2 Å². The molecule has 156 valence electrons. The number of hydrogen-bond donors (Lipinski definition) is 1. The Morgan fingerprint density at radius 2 is 1.87 bits per heavy atom. The van der Waals surface area contributed by atoms with Gasteiger partial charge in [0.15, 0.2) is 0 Å². The predicted molar refractivity (Wildman–Crippen MR) is 114 cm³/mol. The molecule has 4 rings (SSSR count). The van der Waals surface area contributed by atoms with Crippen LogP contribution in [0.5, 0.6) is 0 Å². The van der Waals surface area contributed by atoms with Crippen LogP contribution in [-0.4, -0.2) is 41.3 Å². The first-order valence-electron chi connectivity index (χ1n) is 9.40. The molecule has 0 radical (unpaired) electrons. The van der Waals surface area contributed by atoms with Crippen molar-refractivity contribution in [1.82, 2.24) is 13.9 Å². The molecule has 0 spiro atoms. The summed E-state index contributed by atoms with van der Waals surface area (Å²) in [7, 11) is -3.65. The third-order valence-corrected chi connectivity index (χ3v) is 7.19. The van der Waals surface area contributed by atoms with Crippen LogP contribution >= 0.6 is 11.6 Å². The zero-order chi connectivity index (χ0) is 21.3. The van der Waals surface area contributed by atoms with Crippen molar-refractivity contribution in [3.05, 3.63) is 64.0 Å². The summed E-state index contributed by atoms with van der Waals surface area (Å²) in [4.78, 5) is 29.0. The first kappa shape index (κ1) is 20.5. The van der Waals surface area contributed by atoms with E-state index in [1.165, 1.54) is 27.1 Å². The second-order valence-corrected chi connectivity index (χ2v) is 9.32. The number of nitrogens with zero attached hydrogens (tertiary/aromatic N) is 3. The number of sulfonamides is 1. The van der Waals surface area contributed by atoms with Gasteiger partial charge in [0.1, 0.15) is 6.54 Å². The lowest BCUT2D eigenvalue weighted by Crippen LogP contribution is -2.29. The average Bonchev–Trinajstić information content (AvgIpc) is 3.27. The van der Waals surface area contributed by atoms with Gasteiger partial charge in [0.05, 0.1) is 32.8 Å². The van der Waals surface area contributed by atoms with Gasteiger partial charge in [-0.25, -0.2) is 13.4 Å². The highest BCUT2D eigenvalue weighted by Crippen LogP contribution is 2.28. The van der Waals surface area contributed by atoms with Crippen LogP contribution in [0, 0.1) is 0 Å². The van der Waals surface area contributed by atoms with Gasteiger partial charge in [-0.3, -0.25) is 14.2 Å². The first-order chi connectivity index (χ1) is 14.4. The number of fused-ring (bicyclic) bond motifs is 1. The van der Waals surface area contributed by atoms with Crippen molar-refractivity contribution in [2.24, 2.45) is 0 Å². The molecule has 1 N–H and O–H groups in total. The van der Waals surface area contributed by atoms with Gasteiger partial charge in [0.2, 0.25) is 15.9 Å². The number of carbonyl (C=O) groups is 1. The lowest BCUT2D eigenvalue weighted by molar-refractivity contribution is -0.116. The number of anilines is 1. The van der Waals surface area contributed by atoms with E-state index in [1.807, 2.05) is 0 Å². The number of benzene rings is 2. The van der Waals surface area contributed by atoms with Gasteiger partial charge in [0.25, 0.3) is 5.56 Å². The number of halogens is 1. The summed E-state index contributed by atoms with van der Waals surface area (Å²) < 4.78 is 28.3. The van der Waals surface area contributed by atoms with Crippen LogP contribution < -0.4 is 10.9 Å². The first-order valence-corrected chi connectivity index (χ1v) is 11.2. The predicted octanol–water partition coefficient (Wildman–Crippen LogP) is 2.47. The van der Waals surface area contributed by atoms with Gasteiger partial charge >= 0.3 is 0 Å². The number of hydrogen-bond acceptors (Lipinski definition) is 5. The summed E-state index contributed by atoms with van der Waals surface area (Å²) in [6.07, 6.45) is 2.81. The van der Waals surface area contributed by atoms with Gasteiger partial charge in [-0.15, -0.1) is 0 Å². The molecule has 1 amide bonds. The number of amides is 1. The van der Waals surface area contributed by atoms with Crippen molar-refractivity contribution >= 4 is 44.3 Å². The molecule has 0 atom stereocenters. The van der Waals surface area contributed by atoms with Crippen LogP contribution in [0.4, 0.5) is 5.69 Å². The minimum atomic E-state index is -3.65. The molecule has 1 aliphatic rings. The summed E-state index contributed by atoms with van der Waals surface area (Å²) >= 11 is 6.18. The van der Waals surface area contributed by atoms with Crippen molar-refractivity contribution in [1.29, 1.82) is 0 Å². The van der Waals surface area contributed by atoms with Crippen LogP contribution in [0.2, 0.25) is 5.02 Å². The standard InChI is InChI=1S/C20H19ClN4O4S/c21-15-8-7-14(30(28,29)24-9-3-4-10-24)11-17(15)23-19(26)13-25-18-6-2-1-5-16(18)22-12-20(25)27/h1-2,5-8,11-12H,3-4,9-10,13H2,(H,23,26). The van der Waals surface area contributed by atoms with Crippen LogP contribution in [0.1, 0.15) is 12.8 Å². The van der Waals surface area contributed by atoms with E-state index < -0.39 is 21.5 Å². The highest BCUT2D eigenvalue weighted by Gasteiger charge is 2.27. The SMILES string of the molecule is O=C(Cn1c(=O)cnc2ccccc21)Nc1cc(S(=O)(=O)N2CCCC2)ccc1Cl. The van der Waals surface area contributed by atoms with Crippen LogP contribution in [-0.2, 0) is 21.4 Å². The van der Waals surface area contributed by atoms with E-state index in [9.17, 15) is 18.0 Å². The fourth-order valence-corrected chi connectivity index (χ4v) is 5.16. The average molecular weight is 447 g/mol. The van der Waals surface area contributed by atoms with E-state index in [4.69, 9.17) is 11.6 Å². The Morgan fingerprint density at radius 1 is 1.13 bits per heavy atom. The molecular weight excluding hydrogens is 428 g/mol. The van der Waals surface area contributed by atoms with Crippen LogP contribution in [0.25, 0.3) is 11.0 Å². The topological polar surface area (TPSA) is 101 Å². The molecule has 0 unspecified atom stereocenters. The number of rotatable bonds is 5. The molecule has 2 aromatic carbocycles. The zero-order valence-corrected chi connectivity index (χ0v) is 17.5. The van der Waals surface area contributed by atoms with Crippen molar-refractivity contribution in [3.8, 4) is 0 Å². The molecule has 1 aromatic heterocycles. The lowest BCUT2D eigenvalue weighted by Gasteiger charge is -2.17. The highest BCUT2D eigenvalue weighted by atomic mass is 35.5. The number of nitrogens with one attached hydrogen (secondary N) is 1. The van der Waals surface area contributed by atoms with Crippen LogP contribution in [0.15, 0.2) is 58.4 Å². The van der Waals surface area contributed by atoms with E-state index in [0.29, 0.717) is 24.1 Å². The Balaban J connectivity index is 1.60. The van der Waals surface area contributed by atoms with E-state index >= 15 is 0 Å². The smallest absolute Gasteiger partial charge is 0.269 e. The second kappa shape index (κ2) is 8.17. The summed E-state index contributed by atoms with van der Waals surface area (Å²) in [5.74, 6) is -0.508.